The lowest BCUT2D eigenvalue weighted by Crippen LogP contribution is -2.44. The summed E-state index contributed by atoms with van der Waals surface area (Å²) < 4.78 is 10.5. The standard InChI is InChI=1S/C12H17N3O3/c1-17-9-5-7-3-4-14-11(12(16)15-13)8(7)6-10(9)18-2/h5-6,11,14H,3-4,13H2,1-2H3,(H,15,16). The first-order valence-electron chi connectivity index (χ1n) is 5.70. The van der Waals surface area contributed by atoms with Crippen molar-refractivity contribution < 1.29 is 14.3 Å². The highest BCUT2D eigenvalue weighted by molar-refractivity contribution is 5.83. The Morgan fingerprint density at radius 2 is 2.06 bits per heavy atom. The van der Waals surface area contributed by atoms with Gasteiger partial charge in [0.25, 0.3) is 5.91 Å². The van der Waals surface area contributed by atoms with Crippen LogP contribution in [0.3, 0.4) is 0 Å². The number of benzene rings is 1. The highest BCUT2D eigenvalue weighted by Gasteiger charge is 2.27. The molecule has 0 radical (unpaired) electrons. The molecule has 0 fully saturated rings. The van der Waals surface area contributed by atoms with Crippen LogP contribution in [-0.4, -0.2) is 26.7 Å². The van der Waals surface area contributed by atoms with Crippen LogP contribution >= 0.6 is 0 Å². The predicted molar refractivity (Wildman–Crippen MR) is 66.3 cm³/mol. The zero-order valence-corrected chi connectivity index (χ0v) is 10.4. The molecule has 0 aromatic heterocycles. The van der Waals surface area contributed by atoms with Crippen LogP contribution in [0.15, 0.2) is 12.1 Å². The third-order valence-corrected chi connectivity index (χ3v) is 3.10. The van der Waals surface area contributed by atoms with Crippen LogP contribution in [0.5, 0.6) is 11.5 Å². The van der Waals surface area contributed by atoms with Crippen LogP contribution in [0, 0.1) is 0 Å². The third kappa shape index (κ3) is 2.12. The molecule has 1 atom stereocenters. The van der Waals surface area contributed by atoms with Crippen LogP contribution in [-0.2, 0) is 11.2 Å². The number of amides is 1. The summed E-state index contributed by atoms with van der Waals surface area (Å²) >= 11 is 0. The van der Waals surface area contributed by atoms with Crippen LogP contribution in [0.2, 0.25) is 0 Å². The minimum atomic E-state index is -0.446. The van der Waals surface area contributed by atoms with E-state index in [0.717, 1.165) is 24.1 Å². The Bertz CT molecular complexity index is 462. The second-order valence-corrected chi connectivity index (χ2v) is 4.05. The molecule has 0 saturated heterocycles. The number of carbonyl (C=O) groups is 1. The molecule has 18 heavy (non-hydrogen) atoms. The summed E-state index contributed by atoms with van der Waals surface area (Å²) in [5.74, 6) is 6.21. The molecule has 1 aromatic carbocycles. The summed E-state index contributed by atoms with van der Waals surface area (Å²) in [5.41, 5.74) is 4.11. The minimum Gasteiger partial charge on any atom is -0.493 e. The molecule has 1 heterocycles. The maximum absolute atomic E-state index is 11.7. The van der Waals surface area contributed by atoms with Crippen molar-refractivity contribution in [2.75, 3.05) is 20.8 Å². The van der Waals surface area contributed by atoms with Crippen molar-refractivity contribution in [3.8, 4) is 11.5 Å². The lowest BCUT2D eigenvalue weighted by atomic mass is 9.93. The number of fused-ring (bicyclic) bond motifs is 1. The molecule has 1 amide bonds. The summed E-state index contributed by atoms with van der Waals surface area (Å²) in [5, 5.41) is 3.13. The Morgan fingerprint density at radius 3 is 2.67 bits per heavy atom. The van der Waals surface area contributed by atoms with E-state index in [2.05, 4.69) is 10.7 Å². The van der Waals surface area contributed by atoms with Crippen LogP contribution in [0.4, 0.5) is 0 Å². The zero-order chi connectivity index (χ0) is 13.1. The van der Waals surface area contributed by atoms with Crippen molar-refractivity contribution in [3.63, 3.8) is 0 Å². The van der Waals surface area contributed by atoms with Gasteiger partial charge in [-0.1, -0.05) is 0 Å². The summed E-state index contributed by atoms with van der Waals surface area (Å²) in [6.07, 6.45) is 0.837. The van der Waals surface area contributed by atoms with E-state index in [0.29, 0.717) is 11.5 Å². The summed E-state index contributed by atoms with van der Waals surface area (Å²) in [6.45, 7) is 0.723. The summed E-state index contributed by atoms with van der Waals surface area (Å²) in [4.78, 5) is 11.7. The Morgan fingerprint density at radius 1 is 1.39 bits per heavy atom. The average molecular weight is 251 g/mol. The van der Waals surface area contributed by atoms with E-state index < -0.39 is 6.04 Å². The topological polar surface area (TPSA) is 85.6 Å². The van der Waals surface area contributed by atoms with Gasteiger partial charge in [-0.15, -0.1) is 0 Å². The van der Waals surface area contributed by atoms with Crippen molar-refractivity contribution in [2.24, 2.45) is 5.84 Å². The molecular formula is C12H17N3O3. The van der Waals surface area contributed by atoms with Gasteiger partial charge >= 0.3 is 0 Å². The fourth-order valence-electron chi connectivity index (χ4n) is 2.20. The zero-order valence-electron chi connectivity index (χ0n) is 10.4. The predicted octanol–water partition coefficient (Wildman–Crippen LogP) is -0.119. The van der Waals surface area contributed by atoms with Gasteiger partial charge < -0.3 is 14.8 Å². The number of ether oxygens (including phenoxy) is 2. The number of hydrazine groups is 1. The van der Waals surface area contributed by atoms with Gasteiger partial charge in [0.05, 0.1) is 14.2 Å². The first-order chi connectivity index (χ1) is 8.71. The van der Waals surface area contributed by atoms with E-state index in [1.807, 2.05) is 12.1 Å². The maximum atomic E-state index is 11.7. The number of rotatable bonds is 3. The molecule has 2 rings (SSSR count). The number of hydrogen-bond donors (Lipinski definition) is 3. The SMILES string of the molecule is COc1cc2c(cc1OC)C(C(=O)NN)NCC2. The summed E-state index contributed by atoms with van der Waals surface area (Å²) in [6, 6.07) is 3.28. The molecule has 1 aliphatic rings. The smallest absolute Gasteiger partial charge is 0.255 e. The van der Waals surface area contributed by atoms with Gasteiger partial charge in [-0.2, -0.15) is 0 Å². The number of methoxy groups -OCH3 is 2. The number of nitrogens with two attached hydrogens (primary N) is 1. The molecule has 0 saturated carbocycles. The van der Waals surface area contributed by atoms with E-state index in [1.54, 1.807) is 14.2 Å². The maximum Gasteiger partial charge on any atom is 0.255 e. The minimum absolute atomic E-state index is 0.261. The first kappa shape index (κ1) is 12.7. The Kier molecular flexibility index (Phi) is 3.69. The van der Waals surface area contributed by atoms with Crippen molar-refractivity contribution in [1.82, 2.24) is 10.7 Å². The Labute approximate surface area is 105 Å². The number of carbonyl (C=O) groups excluding carboxylic acids is 1. The van der Waals surface area contributed by atoms with Crippen molar-refractivity contribution >= 4 is 5.91 Å². The molecule has 6 heteroatoms. The molecule has 4 N–H and O–H groups in total. The highest BCUT2D eigenvalue weighted by atomic mass is 16.5. The lowest BCUT2D eigenvalue weighted by Gasteiger charge is -2.26. The monoisotopic (exact) mass is 251 g/mol. The molecule has 98 valence electrons. The first-order valence-corrected chi connectivity index (χ1v) is 5.70. The molecule has 0 aliphatic carbocycles. The van der Waals surface area contributed by atoms with Crippen molar-refractivity contribution in [1.29, 1.82) is 0 Å². The van der Waals surface area contributed by atoms with Gasteiger partial charge in [-0.25, -0.2) is 5.84 Å². The molecule has 1 unspecified atom stereocenters. The normalized spacial score (nSPS) is 17.8. The second-order valence-electron chi connectivity index (χ2n) is 4.05. The second kappa shape index (κ2) is 5.24. The van der Waals surface area contributed by atoms with E-state index in [-0.39, 0.29) is 5.91 Å². The molecule has 0 bridgehead atoms. The van der Waals surface area contributed by atoms with E-state index in [1.165, 1.54) is 0 Å². The average Bonchev–Trinajstić information content (AvgIpc) is 2.44. The van der Waals surface area contributed by atoms with E-state index in [9.17, 15) is 4.79 Å². The van der Waals surface area contributed by atoms with Crippen molar-refractivity contribution in [3.05, 3.63) is 23.3 Å². The van der Waals surface area contributed by atoms with E-state index in [4.69, 9.17) is 15.3 Å². The summed E-state index contributed by atoms with van der Waals surface area (Å²) in [7, 11) is 3.16. The number of nitrogens with one attached hydrogen (secondary N) is 2. The quantitative estimate of drug-likeness (QED) is 0.396. The third-order valence-electron chi connectivity index (χ3n) is 3.10. The molecular weight excluding hydrogens is 234 g/mol. The Hall–Kier alpha value is -1.79. The van der Waals surface area contributed by atoms with E-state index >= 15 is 0 Å². The molecule has 1 aliphatic heterocycles. The van der Waals surface area contributed by atoms with Gasteiger partial charge in [0.2, 0.25) is 0 Å². The highest BCUT2D eigenvalue weighted by Crippen LogP contribution is 2.35. The van der Waals surface area contributed by atoms with Gasteiger partial charge in [0, 0.05) is 6.54 Å². The van der Waals surface area contributed by atoms with Gasteiger partial charge in [0.15, 0.2) is 11.5 Å². The fourth-order valence-corrected chi connectivity index (χ4v) is 2.20. The Balaban J connectivity index is 2.46. The molecule has 6 nitrogen and oxygen atoms in total. The molecule has 0 spiro atoms. The van der Waals surface area contributed by atoms with Crippen LogP contribution in [0.25, 0.3) is 0 Å². The molecule has 1 aromatic rings. The lowest BCUT2D eigenvalue weighted by molar-refractivity contribution is -0.123. The van der Waals surface area contributed by atoms with Gasteiger partial charge in [-0.3, -0.25) is 10.2 Å². The fraction of sp³-hybridized carbons (Fsp3) is 0.417. The number of hydrogen-bond acceptors (Lipinski definition) is 5. The van der Waals surface area contributed by atoms with Gasteiger partial charge in [0.1, 0.15) is 6.04 Å². The van der Waals surface area contributed by atoms with Crippen LogP contribution in [0.1, 0.15) is 17.2 Å². The largest absolute Gasteiger partial charge is 0.493 e. The van der Waals surface area contributed by atoms with Crippen molar-refractivity contribution in [2.45, 2.75) is 12.5 Å². The van der Waals surface area contributed by atoms with Crippen LogP contribution < -0.4 is 26.1 Å². The van der Waals surface area contributed by atoms with Gasteiger partial charge in [-0.05, 0) is 29.7 Å².